The van der Waals surface area contributed by atoms with Gasteiger partial charge in [0.05, 0.1) is 21.6 Å². The zero-order chi connectivity index (χ0) is 24.1. The predicted molar refractivity (Wildman–Crippen MR) is 111 cm³/mol. The molecule has 0 saturated carbocycles. The van der Waals surface area contributed by atoms with Gasteiger partial charge < -0.3 is 4.74 Å². The average molecular weight is 452 g/mol. The SMILES string of the molecule is C=CCN1C(=O)c2ccc(C(=O)OCC(=O)NNC(=O)c3ccc([N+](=O)[O-])cc3)cc2C1=O. The Kier molecular flexibility index (Phi) is 6.57. The number of hydrogen-bond acceptors (Lipinski definition) is 8. The van der Waals surface area contributed by atoms with Gasteiger partial charge >= 0.3 is 5.97 Å². The third-order valence-electron chi connectivity index (χ3n) is 4.51. The fourth-order valence-corrected chi connectivity index (χ4v) is 2.90. The molecule has 0 aromatic heterocycles. The van der Waals surface area contributed by atoms with E-state index < -0.39 is 41.1 Å². The summed E-state index contributed by atoms with van der Waals surface area (Å²) in [6.07, 6.45) is 1.40. The van der Waals surface area contributed by atoms with Crippen molar-refractivity contribution in [1.29, 1.82) is 0 Å². The van der Waals surface area contributed by atoms with Crippen molar-refractivity contribution in [2.24, 2.45) is 0 Å². The Balaban J connectivity index is 1.53. The number of non-ortho nitro benzene ring substituents is 1. The maximum atomic E-state index is 12.3. The second-order valence-electron chi connectivity index (χ2n) is 6.65. The van der Waals surface area contributed by atoms with E-state index in [-0.39, 0.29) is 34.5 Å². The lowest BCUT2D eigenvalue weighted by atomic mass is 10.1. The summed E-state index contributed by atoms with van der Waals surface area (Å²) in [5.74, 6) is -3.59. The highest BCUT2D eigenvalue weighted by molar-refractivity contribution is 6.22. The van der Waals surface area contributed by atoms with Crippen LogP contribution in [0.3, 0.4) is 0 Å². The van der Waals surface area contributed by atoms with E-state index in [0.29, 0.717) is 0 Å². The Morgan fingerprint density at radius 1 is 1.00 bits per heavy atom. The average Bonchev–Trinajstić information content (AvgIpc) is 3.05. The number of nitro groups is 1. The topological polar surface area (TPSA) is 165 Å². The second kappa shape index (κ2) is 9.51. The van der Waals surface area contributed by atoms with Crippen molar-refractivity contribution >= 4 is 35.3 Å². The lowest BCUT2D eigenvalue weighted by Crippen LogP contribution is -2.43. The van der Waals surface area contributed by atoms with E-state index in [9.17, 15) is 34.1 Å². The van der Waals surface area contributed by atoms with Crippen LogP contribution in [-0.2, 0) is 9.53 Å². The Labute approximate surface area is 185 Å². The molecule has 2 N–H and O–H groups in total. The van der Waals surface area contributed by atoms with Gasteiger partial charge in [0.15, 0.2) is 6.61 Å². The molecule has 12 nitrogen and oxygen atoms in total. The number of benzene rings is 2. The van der Waals surface area contributed by atoms with E-state index in [4.69, 9.17) is 4.74 Å². The number of carbonyl (C=O) groups is 5. The number of amides is 4. The van der Waals surface area contributed by atoms with Crippen molar-refractivity contribution in [1.82, 2.24) is 15.8 Å². The molecule has 2 aromatic carbocycles. The largest absolute Gasteiger partial charge is 0.452 e. The molecule has 168 valence electrons. The van der Waals surface area contributed by atoms with E-state index in [1.807, 2.05) is 5.43 Å². The first kappa shape index (κ1) is 22.8. The fraction of sp³-hybridized carbons (Fsp3) is 0.0952. The van der Waals surface area contributed by atoms with Crippen LogP contribution in [0.5, 0.6) is 0 Å². The zero-order valence-electron chi connectivity index (χ0n) is 16.9. The summed E-state index contributed by atoms with van der Waals surface area (Å²) in [5.41, 5.74) is 4.11. The van der Waals surface area contributed by atoms with Crippen LogP contribution in [0, 0.1) is 10.1 Å². The molecule has 0 unspecified atom stereocenters. The Morgan fingerprint density at radius 2 is 1.64 bits per heavy atom. The maximum absolute atomic E-state index is 12.3. The van der Waals surface area contributed by atoms with Gasteiger partial charge in [-0.1, -0.05) is 6.08 Å². The molecule has 0 saturated heterocycles. The smallest absolute Gasteiger partial charge is 0.338 e. The van der Waals surface area contributed by atoms with Gasteiger partial charge in [-0.2, -0.15) is 0 Å². The van der Waals surface area contributed by atoms with Gasteiger partial charge in [-0.3, -0.25) is 45.0 Å². The third kappa shape index (κ3) is 4.90. The molecular formula is C21H16N4O8. The number of nitro benzene ring substituents is 1. The molecule has 33 heavy (non-hydrogen) atoms. The molecule has 2 aromatic rings. The molecule has 1 heterocycles. The minimum atomic E-state index is -0.919. The first-order chi connectivity index (χ1) is 15.7. The molecule has 0 bridgehead atoms. The summed E-state index contributed by atoms with van der Waals surface area (Å²) in [5, 5.41) is 10.6. The van der Waals surface area contributed by atoms with Crippen molar-refractivity contribution < 1.29 is 33.6 Å². The zero-order valence-corrected chi connectivity index (χ0v) is 16.9. The number of esters is 1. The lowest BCUT2D eigenvalue weighted by Gasteiger charge is -2.09. The lowest BCUT2D eigenvalue weighted by molar-refractivity contribution is -0.384. The maximum Gasteiger partial charge on any atom is 0.338 e. The van der Waals surface area contributed by atoms with Crippen LogP contribution < -0.4 is 10.9 Å². The minimum Gasteiger partial charge on any atom is -0.452 e. The number of imide groups is 1. The molecule has 0 aliphatic carbocycles. The van der Waals surface area contributed by atoms with Crippen molar-refractivity contribution in [3.05, 3.63) is 87.5 Å². The van der Waals surface area contributed by atoms with Gasteiger partial charge in [-0.15, -0.1) is 6.58 Å². The highest BCUT2D eigenvalue weighted by Gasteiger charge is 2.35. The highest BCUT2D eigenvalue weighted by atomic mass is 16.6. The van der Waals surface area contributed by atoms with Crippen molar-refractivity contribution in [2.45, 2.75) is 0 Å². The highest BCUT2D eigenvalue weighted by Crippen LogP contribution is 2.24. The van der Waals surface area contributed by atoms with Crippen LogP contribution >= 0.6 is 0 Å². The summed E-state index contributed by atoms with van der Waals surface area (Å²) < 4.78 is 4.86. The van der Waals surface area contributed by atoms with E-state index in [1.165, 1.54) is 36.4 Å². The molecule has 0 spiro atoms. The van der Waals surface area contributed by atoms with Crippen LogP contribution in [0.1, 0.15) is 41.4 Å². The van der Waals surface area contributed by atoms with Crippen molar-refractivity contribution in [3.8, 4) is 0 Å². The van der Waals surface area contributed by atoms with E-state index >= 15 is 0 Å². The molecular weight excluding hydrogens is 436 g/mol. The number of rotatable bonds is 7. The number of ether oxygens (including phenoxy) is 1. The van der Waals surface area contributed by atoms with Gasteiger partial charge in [-0.05, 0) is 30.3 Å². The first-order valence-corrected chi connectivity index (χ1v) is 9.35. The first-order valence-electron chi connectivity index (χ1n) is 9.35. The van der Waals surface area contributed by atoms with Gasteiger partial charge in [-0.25, -0.2) is 4.79 Å². The molecule has 0 fully saturated rings. The summed E-state index contributed by atoms with van der Waals surface area (Å²) in [4.78, 5) is 71.5. The van der Waals surface area contributed by atoms with Gasteiger partial charge in [0.1, 0.15) is 0 Å². The van der Waals surface area contributed by atoms with Crippen LogP contribution in [0.2, 0.25) is 0 Å². The number of carbonyl (C=O) groups excluding carboxylic acids is 5. The number of fused-ring (bicyclic) bond motifs is 1. The minimum absolute atomic E-state index is 0.0257. The summed E-state index contributed by atoms with van der Waals surface area (Å²) in [6.45, 7) is 2.77. The number of nitrogens with zero attached hydrogens (tertiary/aromatic N) is 2. The quantitative estimate of drug-likeness (QED) is 0.206. The standard InChI is InChI=1S/C21H16N4O8/c1-2-9-24-19(28)15-8-5-13(10-16(15)20(24)29)21(30)33-11-17(26)22-23-18(27)12-3-6-14(7-4-12)25(31)32/h2-8,10H,1,9,11H2,(H,22,26)(H,23,27). The Morgan fingerprint density at radius 3 is 2.27 bits per heavy atom. The van der Waals surface area contributed by atoms with E-state index in [1.54, 1.807) is 0 Å². The van der Waals surface area contributed by atoms with Gasteiger partial charge in [0.2, 0.25) is 0 Å². The van der Waals surface area contributed by atoms with E-state index in [0.717, 1.165) is 17.0 Å². The monoisotopic (exact) mass is 452 g/mol. The normalized spacial score (nSPS) is 12.1. The molecule has 1 aliphatic heterocycles. The third-order valence-corrected chi connectivity index (χ3v) is 4.51. The Hall–Kier alpha value is -4.87. The summed E-state index contributed by atoms with van der Waals surface area (Å²) >= 11 is 0. The number of nitrogens with one attached hydrogen (secondary N) is 2. The second-order valence-corrected chi connectivity index (χ2v) is 6.65. The van der Waals surface area contributed by atoms with Gasteiger partial charge in [0.25, 0.3) is 29.3 Å². The molecule has 1 aliphatic rings. The molecule has 3 rings (SSSR count). The van der Waals surface area contributed by atoms with E-state index in [2.05, 4.69) is 12.0 Å². The predicted octanol–water partition coefficient (Wildman–Crippen LogP) is 0.995. The van der Waals surface area contributed by atoms with Crippen LogP contribution in [0.4, 0.5) is 5.69 Å². The van der Waals surface area contributed by atoms with Crippen LogP contribution in [0.25, 0.3) is 0 Å². The molecule has 0 atom stereocenters. The molecule has 4 amide bonds. The van der Waals surface area contributed by atoms with Crippen LogP contribution in [0.15, 0.2) is 55.1 Å². The van der Waals surface area contributed by atoms with Crippen molar-refractivity contribution in [3.63, 3.8) is 0 Å². The van der Waals surface area contributed by atoms with Crippen molar-refractivity contribution in [2.75, 3.05) is 13.2 Å². The summed E-state index contributed by atoms with van der Waals surface area (Å²) in [6, 6.07) is 8.48. The van der Waals surface area contributed by atoms with Gasteiger partial charge in [0, 0.05) is 24.2 Å². The number of hydrazine groups is 1. The fourth-order valence-electron chi connectivity index (χ4n) is 2.90. The molecule has 12 heteroatoms. The molecule has 0 radical (unpaired) electrons. The summed E-state index contributed by atoms with van der Waals surface area (Å²) in [7, 11) is 0. The Bertz CT molecular complexity index is 1190. The number of hydrogen-bond donors (Lipinski definition) is 2. The van der Waals surface area contributed by atoms with Crippen LogP contribution in [-0.4, -0.2) is 52.6 Å².